The molecule has 0 amide bonds. The Morgan fingerprint density at radius 2 is 1.75 bits per heavy atom. The zero-order valence-corrected chi connectivity index (χ0v) is 5.53. The van der Waals surface area contributed by atoms with Gasteiger partial charge in [0.1, 0.15) is 0 Å². The molecule has 0 saturated carbocycles. The van der Waals surface area contributed by atoms with Crippen LogP contribution in [0.2, 0.25) is 0 Å². The first-order valence-corrected chi connectivity index (χ1v) is 1.80. The summed E-state index contributed by atoms with van der Waals surface area (Å²) in [5, 5.41) is 0. The quantitative estimate of drug-likeness (QED) is 0.308. The van der Waals surface area contributed by atoms with E-state index in [1.165, 1.54) is 4.33 Å². The normalized spacial score (nSPS) is 4.25. The van der Waals surface area contributed by atoms with Crippen LogP contribution < -0.4 is 0 Å². The zero-order chi connectivity index (χ0) is 2.71. The van der Waals surface area contributed by atoms with Crippen molar-refractivity contribution in [2.45, 2.75) is 0 Å². The predicted molar refractivity (Wildman–Crippen MR) is 24.1 cm³/mol. The first-order chi connectivity index (χ1) is 1.41. The summed E-state index contributed by atoms with van der Waals surface area (Å²) in [6.45, 7) is 0. The Labute approximate surface area is 53.2 Å². The van der Waals surface area contributed by atoms with E-state index in [0.29, 0.717) is 0 Å². The second-order valence-electron chi connectivity index (χ2n) is 0.126. The molecule has 21 valence electrons. The molecule has 0 aliphatic carbocycles. The summed E-state index contributed by atoms with van der Waals surface area (Å²) < 4.78 is 1.47. The van der Waals surface area contributed by atoms with Gasteiger partial charge >= 0.3 is 0 Å². The van der Waals surface area contributed by atoms with Gasteiger partial charge < -0.3 is 26.9 Å². The van der Waals surface area contributed by atoms with Crippen molar-refractivity contribution >= 4 is 30.4 Å². The molecule has 3 heteroatoms. The first kappa shape index (κ1) is 9.03. The Kier molecular flexibility index (Phi) is 20.0. The molecule has 0 unspecified atom stereocenters. The largest absolute Gasteiger partial charge is 0.323 e. The van der Waals surface area contributed by atoms with Crippen molar-refractivity contribution in [1.29, 1.82) is 0 Å². The Hall–Kier alpha value is 1.38. The molecule has 0 heterocycles. The average molecular weight is 202 g/mol. The standard InChI is InChI=1S/CHBI.V/c2-1-3;/h1H;/q-1;. The molecule has 3 radical (unpaired) electrons. The Balaban J connectivity index is 0. The van der Waals surface area contributed by atoms with Crippen molar-refractivity contribution in [2.75, 3.05) is 0 Å². The second kappa shape index (κ2) is 8.83. The summed E-state index contributed by atoms with van der Waals surface area (Å²) in [7, 11) is 4.71. The van der Waals surface area contributed by atoms with Gasteiger partial charge in [-0.15, -0.1) is 0 Å². The van der Waals surface area contributed by atoms with Gasteiger partial charge in [-0.05, 0) is 0 Å². The predicted octanol–water partition coefficient (Wildman–Crippen LogP) is 0.707. The van der Waals surface area contributed by atoms with Crippen LogP contribution in [0, 0.1) is 4.33 Å². The Bertz CT molecular complexity index is 8.00. The maximum atomic E-state index is 4.71. The molecule has 0 rings (SSSR count). The van der Waals surface area contributed by atoms with Crippen molar-refractivity contribution in [2.24, 2.45) is 0 Å². The topological polar surface area (TPSA) is 0 Å². The van der Waals surface area contributed by atoms with E-state index in [-0.39, 0.29) is 18.6 Å². The summed E-state index contributed by atoms with van der Waals surface area (Å²) in [6, 6.07) is 0. The van der Waals surface area contributed by atoms with Gasteiger partial charge in [0, 0.05) is 18.6 Å². The molecule has 0 bridgehead atoms. The number of hydrogen-bond acceptors (Lipinski definition) is 0. The monoisotopic (exact) mass is 202 g/mol. The summed E-state index contributed by atoms with van der Waals surface area (Å²) in [6.07, 6.45) is 0. The van der Waals surface area contributed by atoms with Gasteiger partial charge in [-0.3, -0.25) is 0 Å². The van der Waals surface area contributed by atoms with Crippen molar-refractivity contribution < 1.29 is 18.6 Å². The summed E-state index contributed by atoms with van der Waals surface area (Å²) in [5.41, 5.74) is 0. The number of rotatable bonds is 0. The fourth-order valence-electron chi connectivity index (χ4n) is 0. The fraction of sp³-hybridized carbons (Fsp3) is 0. The second-order valence-corrected chi connectivity index (χ2v) is 0.845. The molecule has 0 aromatic heterocycles. The molecular weight excluding hydrogens is 201 g/mol. The van der Waals surface area contributed by atoms with Crippen molar-refractivity contribution in [3.8, 4) is 0 Å². The van der Waals surface area contributed by atoms with E-state index >= 15 is 0 Å². The van der Waals surface area contributed by atoms with E-state index in [0.717, 1.165) is 0 Å². The van der Waals surface area contributed by atoms with Crippen LogP contribution in [-0.4, -0.2) is 7.85 Å². The van der Waals surface area contributed by atoms with Crippen molar-refractivity contribution in [3.05, 3.63) is 4.33 Å². The minimum Gasteiger partial charge on any atom is -0.323 e. The smallest absolute Gasteiger partial charge is 0 e. The van der Waals surface area contributed by atoms with Crippen molar-refractivity contribution in [1.82, 2.24) is 0 Å². The van der Waals surface area contributed by atoms with Gasteiger partial charge in [-0.1, -0.05) is 0 Å². The number of halogens is 1. The van der Waals surface area contributed by atoms with Crippen LogP contribution in [0.15, 0.2) is 0 Å². The first-order valence-electron chi connectivity index (χ1n) is 0.552. The molecule has 0 aliphatic rings. The van der Waals surface area contributed by atoms with E-state index in [2.05, 4.69) is 0 Å². The molecule has 0 fully saturated rings. The molecule has 0 aromatic rings. The third-order valence-corrected chi connectivity index (χ3v) is 0. The molecular formula is CHBIV-. The fourth-order valence-corrected chi connectivity index (χ4v) is 0. The average Bonchev–Trinajstić information content (AvgIpc) is 0.918. The molecule has 0 atom stereocenters. The van der Waals surface area contributed by atoms with E-state index in [1.54, 1.807) is 0 Å². The molecule has 4 heavy (non-hydrogen) atoms. The summed E-state index contributed by atoms with van der Waals surface area (Å²) in [4.78, 5) is 0. The van der Waals surface area contributed by atoms with Crippen LogP contribution in [0.3, 0.4) is 0 Å². The molecule has 0 nitrogen and oxygen atoms in total. The SMILES string of the molecule is [B][CH-]I.[V]. The van der Waals surface area contributed by atoms with Crippen LogP contribution >= 0.6 is 22.6 Å². The Morgan fingerprint density at radius 1 is 1.75 bits per heavy atom. The molecule has 0 spiro atoms. The minimum absolute atomic E-state index is 0. The molecule has 0 aromatic carbocycles. The van der Waals surface area contributed by atoms with Gasteiger partial charge in [-0.2, -0.15) is 7.85 Å². The maximum Gasteiger partial charge on any atom is 0 e. The minimum atomic E-state index is 0. The van der Waals surface area contributed by atoms with E-state index in [9.17, 15) is 0 Å². The molecule has 0 N–H and O–H groups in total. The van der Waals surface area contributed by atoms with Gasteiger partial charge in [0.15, 0.2) is 0 Å². The molecule has 0 aliphatic heterocycles. The van der Waals surface area contributed by atoms with E-state index in [1.807, 2.05) is 22.6 Å². The van der Waals surface area contributed by atoms with Gasteiger partial charge in [0.25, 0.3) is 0 Å². The van der Waals surface area contributed by atoms with Gasteiger partial charge in [-0.25, -0.2) is 0 Å². The summed E-state index contributed by atoms with van der Waals surface area (Å²) in [5.74, 6) is 0. The van der Waals surface area contributed by atoms with Gasteiger partial charge in [0.2, 0.25) is 0 Å². The van der Waals surface area contributed by atoms with Crippen LogP contribution in [0.1, 0.15) is 0 Å². The zero-order valence-electron chi connectivity index (χ0n) is 1.98. The van der Waals surface area contributed by atoms with Crippen LogP contribution in [0.4, 0.5) is 0 Å². The van der Waals surface area contributed by atoms with E-state index in [4.69, 9.17) is 7.85 Å². The third kappa shape index (κ3) is 10.1. The third-order valence-electron chi connectivity index (χ3n) is 0. The van der Waals surface area contributed by atoms with Crippen molar-refractivity contribution in [3.63, 3.8) is 0 Å². The number of hydrogen-bond donors (Lipinski definition) is 0. The van der Waals surface area contributed by atoms with Crippen LogP contribution in [-0.2, 0) is 18.6 Å². The van der Waals surface area contributed by atoms with Crippen LogP contribution in [0.25, 0.3) is 0 Å². The summed E-state index contributed by atoms with van der Waals surface area (Å²) >= 11 is 1.94. The van der Waals surface area contributed by atoms with Gasteiger partial charge in [0.05, 0.1) is 0 Å². The molecule has 0 saturated heterocycles. The van der Waals surface area contributed by atoms with Crippen LogP contribution in [0.5, 0.6) is 0 Å². The Morgan fingerprint density at radius 3 is 1.75 bits per heavy atom. The van der Waals surface area contributed by atoms with E-state index < -0.39 is 0 Å². The maximum absolute atomic E-state index is 4.71.